The molecule has 4 amide bonds. The fourth-order valence-electron chi connectivity index (χ4n) is 5.79. The van der Waals surface area contributed by atoms with Crippen LogP contribution in [0, 0.1) is 0 Å². The van der Waals surface area contributed by atoms with Crippen LogP contribution in [0.4, 0.5) is 10.5 Å². The number of aromatic amines is 1. The normalized spacial score (nSPS) is 18.3. The summed E-state index contributed by atoms with van der Waals surface area (Å²) in [5.41, 5.74) is 4.30. The third-order valence-corrected chi connectivity index (χ3v) is 7.66. The molecule has 1 fully saturated rings. The zero-order valence-electron chi connectivity index (χ0n) is 21.9. The molecule has 6 rings (SSSR count). The zero-order chi connectivity index (χ0) is 27.1. The molecule has 2 N–H and O–H groups in total. The molecule has 198 valence electrons. The van der Waals surface area contributed by atoms with Crippen LogP contribution in [0.2, 0.25) is 0 Å². The molecule has 0 spiro atoms. The van der Waals surface area contributed by atoms with Crippen molar-refractivity contribution in [3.63, 3.8) is 0 Å². The molecule has 0 radical (unpaired) electrons. The number of amides is 4. The van der Waals surface area contributed by atoms with E-state index in [0.29, 0.717) is 30.0 Å². The van der Waals surface area contributed by atoms with Crippen molar-refractivity contribution in [3.05, 3.63) is 95.2 Å². The second kappa shape index (κ2) is 9.94. The summed E-state index contributed by atoms with van der Waals surface area (Å²) in [5, 5.41) is 3.95. The monoisotopic (exact) mass is 522 g/mol. The smallest absolute Gasteiger partial charge is 0.332 e. The molecular weight excluding hydrogens is 492 g/mol. The van der Waals surface area contributed by atoms with Gasteiger partial charge in [-0.3, -0.25) is 14.5 Å². The Labute approximate surface area is 226 Å². The molecule has 0 bridgehead atoms. The minimum atomic E-state index is -0.711. The van der Waals surface area contributed by atoms with Crippen LogP contribution < -0.4 is 15.0 Å². The van der Waals surface area contributed by atoms with Gasteiger partial charge in [-0.2, -0.15) is 0 Å². The van der Waals surface area contributed by atoms with Gasteiger partial charge in [0.05, 0.1) is 18.4 Å². The van der Waals surface area contributed by atoms with E-state index in [4.69, 9.17) is 4.74 Å². The largest absolute Gasteiger partial charge is 0.497 e. The molecule has 2 aliphatic rings. The van der Waals surface area contributed by atoms with Crippen molar-refractivity contribution in [1.82, 2.24) is 15.2 Å². The molecule has 39 heavy (non-hydrogen) atoms. The van der Waals surface area contributed by atoms with Gasteiger partial charge >= 0.3 is 6.03 Å². The number of unbranched alkanes of at least 4 members (excludes halogenated alkanes) is 1. The summed E-state index contributed by atoms with van der Waals surface area (Å²) in [6.45, 7) is 2.58. The third kappa shape index (κ3) is 4.03. The van der Waals surface area contributed by atoms with Crippen LogP contribution in [0.3, 0.4) is 0 Å². The predicted molar refractivity (Wildman–Crippen MR) is 149 cm³/mol. The fraction of sp³-hybridized carbons (Fsp3) is 0.258. The lowest BCUT2D eigenvalue weighted by molar-refractivity contribution is -0.120. The maximum atomic E-state index is 14.2. The number of imide groups is 1. The summed E-state index contributed by atoms with van der Waals surface area (Å²) >= 11 is 0. The number of benzene rings is 3. The number of H-pyrrole nitrogens is 1. The van der Waals surface area contributed by atoms with Crippen molar-refractivity contribution in [1.29, 1.82) is 0 Å². The maximum absolute atomic E-state index is 14.2. The Morgan fingerprint density at radius 2 is 1.85 bits per heavy atom. The van der Waals surface area contributed by atoms with Crippen molar-refractivity contribution in [2.45, 2.75) is 38.3 Å². The van der Waals surface area contributed by atoms with Crippen LogP contribution in [-0.4, -0.2) is 47.4 Å². The number of para-hydroxylation sites is 2. The van der Waals surface area contributed by atoms with E-state index in [1.807, 2.05) is 48.5 Å². The number of nitrogens with zero attached hydrogens (tertiary/aromatic N) is 2. The van der Waals surface area contributed by atoms with E-state index < -0.39 is 18.1 Å². The van der Waals surface area contributed by atoms with Gasteiger partial charge in [0.25, 0.3) is 11.8 Å². The second-order valence-corrected chi connectivity index (χ2v) is 9.95. The van der Waals surface area contributed by atoms with Gasteiger partial charge in [-0.15, -0.1) is 0 Å². The minimum absolute atomic E-state index is 0.300. The van der Waals surface area contributed by atoms with Crippen molar-refractivity contribution < 1.29 is 19.1 Å². The Morgan fingerprint density at radius 3 is 2.67 bits per heavy atom. The van der Waals surface area contributed by atoms with Crippen molar-refractivity contribution in [3.8, 4) is 5.75 Å². The molecule has 3 heterocycles. The Balaban J connectivity index is 1.46. The third-order valence-electron chi connectivity index (χ3n) is 7.66. The lowest BCUT2D eigenvalue weighted by Gasteiger charge is -2.36. The molecular formula is C31H30N4O4. The second-order valence-electron chi connectivity index (χ2n) is 9.95. The predicted octanol–water partition coefficient (Wildman–Crippen LogP) is 5.19. The van der Waals surface area contributed by atoms with Crippen LogP contribution in [0.5, 0.6) is 5.75 Å². The number of hydrogen-bond acceptors (Lipinski definition) is 4. The van der Waals surface area contributed by atoms with Crippen LogP contribution in [0.15, 0.2) is 72.8 Å². The zero-order valence-corrected chi connectivity index (χ0v) is 21.9. The summed E-state index contributed by atoms with van der Waals surface area (Å²) in [5.74, 6) is 0.0268. The first kappa shape index (κ1) is 24.7. The first-order valence-electron chi connectivity index (χ1n) is 13.3. The fourth-order valence-corrected chi connectivity index (χ4v) is 5.79. The highest BCUT2D eigenvalue weighted by Crippen LogP contribution is 2.45. The molecule has 1 aromatic heterocycles. The number of rotatable bonds is 7. The minimum Gasteiger partial charge on any atom is -0.497 e. The van der Waals surface area contributed by atoms with Gasteiger partial charge in [0.2, 0.25) is 0 Å². The summed E-state index contributed by atoms with van der Waals surface area (Å²) < 4.78 is 5.49. The number of carbonyl (C=O) groups is 3. The standard InChI is InChI=1S/C31H30N4O4/c1-3-4-16-32-29(36)22-13-6-8-15-25(22)35-30(37)26-18-23-21-12-5-7-14-24(21)33-27(23)28(34(26)31(35)38)19-10-9-11-20(17-19)39-2/h5-15,17,26,28,33H,3-4,16,18H2,1-2H3,(H,32,36)/t26-,28-/m0/s1. The van der Waals surface area contributed by atoms with E-state index >= 15 is 0 Å². The number of carbonyl (C=O) groups excluding carboxylic acids is 3. The molecule has 1 saturated heterocycles. The summed E-state index contributed by atoms with van der Waals surface area (Å²) in [7, 11) is 1.60. The Kier molecular flexibility index (Phi) is 6.30. The van der Waals surface area contributed by atoms with Crippen LogP contribution in [0.25, 0.3) is 10.9 Å². The van der Waals surface area contributed by atoms with Crippen LogP contribution in [0.1, 0.15) is 53.0 Å². The van der Waals surface area contributed by atoms with Crippen molar-refractivity contribution in [2.24, 2.45) is 0 Å². The quantitative estimate of drug-likeness (QED) is 0.258. The van der Waals surface area contributed by atoms with Gasteiger partial charge in [-0.05, 0) is 47.9 Å². The summed E-state index contributed by atoms with van der Waals surface area (Å²) in [6.07, 6.45) is 2.17. The number of hydrogen-bond donors (Lipinski definition) is 2. The molecule has 2 aliphatic heterocycles. The van der Waals surface area contributed by atoms with Crippen LogP contribution >= 0.6 is 0 Å². The van der Waals surface area contributed by atoms with E-state index in [1.165, 1.54) is 4.90 Å². The Bertz CT molecular complexity index is 1590. The molecule has 0 unspecified atom stereocenters. The molecule has 0 aliphatic carbocycles. The van der Waals surface area contributed by atoms with E-state index in [1.54, 1.807) is 36.3 Å². The van der Waals surface area contributed by atoms with Gasteiger partial charge in [0.1, 0.15) is 17.8 Å². The average Bonchev–Trinajstić information content (AvgIpc) is 3.46. The van der Waals surface area contributed by atoms with Crippen LogP contribution in [-0.2, 0) is 11.2 Å². The lowest BCUT2D eigenvalue weighted by atomic mass is 9.89. The van der Waals surface area contributed by atoms with Gasteiger partial charge in [-0.1, -0.05) is 55.8 Å². The number of methoxy groups -OCH3 is 1. The highest BCUT2D eigenvalue weighted by Gasteiger charge is 2.53. The first-order valence-corrected chi connectivity index (χ1v) is 13.3. The lowest BCUT2D eigenvalue weighted by Crippen LogP contribution is -2.44. The van der Waals surface area contributed by atoms with E-state index in [2.05, 4.69) is 17.2 Å². The summed E-state index contributed by atoms with van der Waals surface area (Å²) in [6, 6.07) is 20.7. The molecule has 4 aromatic rings. The maximum Gasteiger partial charge on any atom is 0.332 e. The number of urea groups is 1. The van der Waals surface area contributed by atoms with Crippen molar-refractivity contribution in [2.75, 3.05) is 18.6 Å². The highest BCUT2D eigenvalue weighted by molar-refractivity contribution is 6.24. The first-order chi connectivity index (χ1) is 19.0. The number of ether oxygens (including phenoxy) is 1. The SMILES string of the molecule is CCCCNC(=O)c1ccccc1N1C(=O)[C@@H]2Cc3c([nH]c4ccccc34)[C@H](c3cccc(OC)c3)N2C1=O. The number of nitrogens with one attached hydrogen (secondary N) is 2. The van der Waals surface area contributed by atoms with E-state index in [9.17, 15) is 14.4 Å². The topological polar surface area (TPSA) is 94.7 Å². The summed E-state index contributed by atoms with van der Waals surface area (Å²) in [4.78, 5) is 47.7. The van der Waals surface area contributed by atoms with Gasteiger partial charge < -0.3 is 15.0 Å². The van der Waals surface area contributed by atoms with E-state index in [-0.39, 0.29) is 11.8 Å². The van der Waals surface area contributed by atoms with Crippen molar-refractivity contribution >= 4 is 34.4 Å². The number of anilines is 1. The molecule has 3 aromatic carbocycles. The average molecular weight is 523 g/mol. The van der Waals surface area contributed by atoms with Gasteiger partial charge in [0, 0.05) is 29.6 Å². The highest BCUT2D eigenvalue weighted by atomic mass is 16.5. The number of aromatic nitrogens is 1. The Hall–Kier alpha value is -4.59. The van der Waals surface area contributed by atoms with E-state index in [0.717, 1.165) is 40.6 Å². The van der Waals surface area contributed by atoms with Gasteiger partial charge in [-0.25, -0.2) is 9.69 Å². The molecule has 8 heteroatoms. The molecule has 2 atom stereocenters. The number of fused-ring (bicyclic) bond motifs is 4. The van der Waals surface area contributed by atoms with Gasteiger partial charge in [0.15, 0.2) is 0 Å². The molecule has 8 nitrogen and oxygen atoms in total. The molecule has 0 saturated carbocycles. The Morgan fingerprint density at radius 1 is 1.05 bits per heavy atom.